The number of aliphatic imine (C=N–C) groups is 1. The summed E-state index contributed by atoms with van der Waals surface area (Å²) in [5, 5.41) is 7.00. The molecule has 26 heavy (non-hydrogen) atoms. The monoisotopic (exact) mass is 422 g/mol. The third kappa shape index (κ3) is 6.25. The van der Waals surface area contributed by atoms with Crippen LogP contribution < -0.4 is 10.6 Å². The molecule has 0 saturated carbocycles. The van der Waals surface area contributed by atoms with Crippen molar-refractivity contribution in [2.24, 2.45) is 4.99 Å². The lowest BCUT2D eigenvalue weighted by Crippen LogP contribution is -2.48. The van der Waals surface area contributed by atoms with Crippen LogP contribution in [0.4, 0.5) is 0 Å². The molecular weight excluding hydrogens is 392 g/mol. The third-order valence-electron chi connectivity index (χ3n) is 5.07. The lowest BCUT2D eigenvalue weighted by molar-refractivity contribution is 0.117. The Labute approximate surface area is 165 Å². The standard InChI is InChI=1S/C20H31BrN4O/c1-2-22-20(23-14-19-4-3-13-26-19)24-18-9-11-25(12-10-18)15-16-5-7-17(21)8-6-16/h5-8,18-19H,2-4,9-15H2,1H3,(H2,22,23,24). The van der Waals surface area contributed by atoms with E-state index in [1.54, 1.807) is 0 Å². The molecule has 2 N–H and O–H groups in total. The van der Waals surface area contributed by atoms with Crippen LogP contribution in [-0.2, 0) is 11.3 Å². The fourth-order valence-electron chi connectivity index (χ4n) is 3.58. The van der Waals surface area contributed by atoms with E-state index in [4.69, 9.17) is 9.73 Å². The van der Waals surface area contributed by atoms with Gasteiger partial charge in [-0.15, -0.1) is 0 Å². The fourth-order valence-corrected chi connectivity index (χ4v) is 3.84. The van der Waals surface area contributed by atoms with Gasteiger partial charge >= 0.3 is 0 Å². The van der Waals surface area contributed by atoms with E-state index in [0.29, 0.717) is 12.1 Å². The summed E-state index contributed by atoms with van der Waals surface area (Å²) in [6.07, 6.45) is 4.92. The van der Waals surface area contributed by atoms with Crippen LogP contribution in [0.25, 0.3) is 0 Å². The van der Waals surface area contributed by atoms with Crippen molar-refractivity contribution >= 4 is 21.9 Å². The number of halogens is 1. The highest BCUT2D eigenvalue weighted by molar-refractivity contribution is 9.10. The molecule has 0 radical (unpaired) electrons. The van der Waals surface area contributed by atoms with Gasteiger partial charge in [-0.1, -0.05) is 28.1 Å². The molecule has 1 aromatic rings. The van der Waals surface area contributed by atoms with Crippen molar-refractivity contribution in [1.82, 2.24) is 15.5 Å². The zero-order chi connectivity index (χ0) is 18.2. The summed E-state index contributed by atoms with van der Waals surface area (Å²) >= 11 is 3.50. The van der Waals surface area contributed by atoms with Crippen LogP contribution in [0.1, 0.15) is 38.2 Å². The fraction of sp³-hybridized carbons (Fsp3) is 0.650. The summed E-state index contributed by atoms with van der Waals surface area (Å²) in [5.41, 5.74) is 1.38. The summed E-state index contributed by atoms with van der Waals surface area (Å²) in [5.74, 6) is 0.939. The van der Waals surface area contributed by atoms with E-state index < -0.39 is 0 Å². The van der Waals surface area contributed by atoms with Gasteiger partial charge in [-0.2, -0.15) is 0 Å². The number of nitrogens with one attached hydrogen (secondary N) is 2. The highest BCUT2D eigenvalue weighted by Crippen LogP contribution is 2.16. The van der Waals surface area contributed by atoms with E-state index in [0.717, 1.165) is 69.0 Å². The summed E-state index contributed by atoms with van der Waals surface area (Å²) < 4.78 is 6.82. The van der Waals surface area contributed by atoms with Gasteiger partial charge in [-0.25, -0.2) is 0 Å². The lowest BCUT2D eigenvalue weighted by Gasteiger charge is -2.33. The summed E-state index contributed by atoms with van der Waals surface area (Å²) in [7, 11) is 0. The zero-order valence-corrected chi connectivity index (χ0v) is 17.3. The van der Waals surface area contributed by atoms with Crippen molar-refractivity contribution in [2.45, 2.75) is 51.3 Å². The van der Waals surface area contributed by atoms with E-state index >= 15 is 0 Å². The second-order valence-corrected chi connectivity index (χ2v) is 8.09. The SMILES string of the molecule is CCNC(=NCC1CCCO1)NC1CCN(Cc2ccc(Br)cc2)CC1. The first kappa shape index (κ1) is 19.6. The molecule has 1 unspecified atom stereocenters. The maximum absolute atomic E-state index is 5.68. The number of piperidine rings is 1. The Bertz CT molecular complexity index is 564. The third-order valence-corrected chi connectivity index (χ3v) is 5.60. The molecule has 6 heteroatoms. The quantitative estimate of drug-likeness (QED) is 0.545. The number of benzene rings is 1. The van der Waals surface area contributed by atoms with Crippen LogP contribution in [0.3, 0.4) is 0 Å². The van der Waals surface area contributed by atoms with Crippen LogP contribution in [0.5, 0.6) is 0 Å². The molecule has 2 saturated heterocycles. The molecule has 2 aliphatic heterocycles. The Hall–Kier alpha value is -1.11. The number of rotatable bonds is 6. The molecule has 5 nitrogen and oxygen atoms in total. The molecule has 2 heterocycles. The molecule has 2 fully saturated rings. The maximum atomic E-state index is 5.68. The molecular formula is C20H31BrN4O. The topological polar surface area (TPSA) is 48.9 Å². The van der Waals surface area contributed by atoms with Gasteiger partial charge in [0.25, 0.3) is 0 Å². The van der Waals surface area contributed by atoms with Crippen LogP contribution in [-0.4, -0.2) is 55.8 Å². The van der Waals surface area contributed by atoms with Crippen molar-refractivity contribution in [3.8, 4) is 0 Å². The Morgan fingerprint density at radius 3 is 2.65 bits per heavy atom. The van der Waals surface area contributed by atoms with E-state index in [9.17, 15) is 0 Å². The molecule has 0 aliphatic carbocycles. The molecule has 2 aliphatic rings. The highest BCUT2D eigenvalue weighted by Gasteiger charge is 2.20. The van der Waals surface area contributed by atoms with Crippen LogP contribution in [0.2, 0.25) is 0 Å². The summed E-state index contributed by atoms with van der Waals surface area (Å²) in [4.78, 5) is 7.28. The number of likely N-dealkylation sites (tertiary alicyclic amines) is 1. The van der Waals surface area contributed by atoms with Crippen LogP contribution >= 0.6 is 15.9 Å². The van der Waals surface area contributed by atoms with Crippen molar-refractivity contribution in [3.05, 3.63) is 34.3 Å². The average Bonchev–Trinajstić information content (AvgIpc) is 3.17. The van der Waals surface area contributed by atoms with Gasteiger partial charge in [-0.3, -0.25) is 9.89 Å². The molecule has 0 spiro atoms. The van der Waals surface area contributed by atoms with Gasteiger partial charge in [0.1, 0.15) is 0 Å². The predicted molar refractivity (Wildman–Crippen MR) is 111 cm³/mol. The Morgan fingerprint density at radius 1 is 1.23 bits per heavy atom. The largest absolute Gasteiger partial charge is 0.376 e. The van der Waals surface area contributed by atoms with E-state index in [1.165, 1.54) is 12.0 Å². The Balaban J connectivity index is 1.43. The second-order valence-electron chi connectivity index (χ2n) is 7.18. The number of guanidine groups is 1. The van der Waals surface area contributed by atoms with Gasteiger partial charge in [0.2, 0.25) is 0 Å². The molecule has 0 aromatic heterocycles. The number of nitrogens with zero attached hydrogens (tertiary/aromatic N) is 2. The summed E-state index contributed by atoms with van der Waals surface area (Å²) in [6, 6.07) is 9.15. The zero-order valence-electron chi connectivity index (χ0n) is 15.7. The minimum absolute atomic E-state index is 0.304. The second kappa shape index (κ2) is 10.3. The normalized spacial score (nSPS) is 22.5. The maximum Gasteiger partial charge on any atom is 0.191 e. The number of ether oxygens (including phenoxy) is 1. The predicted octanol–water partition coefficient (Wildman–Crippen LogP) is 3.15. The van der Waals surface area contributed by atoms with Gasteiger partial charge in [0.05, 0.1) is 12.6 Å². The lowest BCUT2D eigenvalue weighted by atomic mass is 10.0. The first-order valence-electron chi connectivity index (χ1n) is 9.86. The van der Waals surface area contributed by atoms with Crippen molar-refractivity contribution in [2.75, 3.05) is 32.8 Å². The molecule has 1 atom stereocenters. The average molecular weight is 423 g/mol. The molecule has 0 amide bonds. The summed E-state index contributed by atoms with van der Waals surface area (Å²) in [6.45, 7) is 7.94. The number of hydrogen-bond acceptors (Lipinski definition) is 3. The van der Waals surface area contributed by atoms with Crippen LogP contribution in [0, 0.1) is 0 Å². The van der Waals surface area contributed by atoms with Crippen molar-refractivity contribution < 1.29 is 4.74 Å². The van der Waals surface area contributed by atoms with E-state index in [1.807, 2.05) is 0 Å². The smallest absolute Gasteiger partial charge is 0.191 e. The molecule has 1 aromatic carbocycles. The number of hydrogen-bond donors (Lipinski definition) is 2. The van der Waals surface area contributed by atoms with E-state index in [-0.39, 0.29) is 0 Å². The van der Waals surface area contributed by atoms with Crippen molar-refractivity contribution in [1.29, 1.82) is 0 Å². The minimum atomic E-state index is 0.304. The van der Waals surface area contributed by atoms with Crippen molar-refractivity contribution in [3.63, 3.8) is 0 Å². The van der Waals surface area contributed by atoms with Gasteiger partial charge in [0.15, 0.2) is 5.96 Å². The van der Waals surface area contributed by atoms with E-state index in [2.05, 4.69) is 62.7 Å². The molecule has 3 rings (SSSR count). The van der Waals surface area contributed by atoms with Gasteiger partial charge in [0, 0.05) is 43.3 Å². The highest BCUT2D eigenvalue weighted by atomic mass is 79.9. The Morgan fingerprint density at radius 2 is 2.00 bits per heavy atom. The van der Waals surface area contributed by atoms with Gasteiger partial charge in [-0.05, 0) is 50.3 Å². The molecule has 0 bridgehead atoms. The minimum Gasteiger partial charge on any atom is -0.376 e. The van der Waals surface area contributed by atoms with Gasteiger partial charge < -0.3 is 15.4 Å². The molecule has 144 valence electrons. The van der Waals surface area contributed by atoms with Crippen LogP contribution in [0.15, 0.2) is 33.7 Å². The Kier molecular flexibility index (Phi) is 7.77. The first-order valence-corrected chi connectivity index (χ1v) is 10.7. The first-order chi connectivity index (χ1) is 12.7.